The van der Waals surface area contributed by atoms with E-state index in [2.05, 4.69) is 0 Å². The molecule has 0 bridgehead atoms. The summed E-state index contributed by atoms with van der Waals surface area (Å²) in [5.41, 5.74) is 0. The normalized spacial score (nSPS) is 11.0. The van der Waals surface area contributed by atoms with E-state index in [0.29, 0.717) is 11.6 Å². The summed E-state index contributed by atoms with van der Waals surface area (Å²) < 4.78 is 1.10. The first-order chi connectivity index (χ1) is 6.77. The summed E-state index contributed by atoms with van der Waals surface area (Å²) in [6, 6.07) is 6.02. The molecule has 0 fully saturated rings. The molecule has 0 unspecified atom stereocenters. The Morgan fingerprint density at radius 2 is 2.29 bits per heavy atom. The highest BCUT2D eigenvalue weighted by Crippen LogP contribution is 2.42. The largest absolute Gasteiger partial charge is 0.506 e. The van der Waals surface area contributed by atoms with Crippen LogP contribution in [0, 0.1) is 0 Å². The quantitative estimate of drug-likeness (QED) is 0.635. The molecule has 74 valence electrons. The smallest absolute Gasteiger partial charge is 0.139 e. The molecule has 0 saturated heterocycles. The highest BCUT2D eigenvalue weighted by Gasteiger charge is 2.12. The Morgan fingerprint density at radius 3 is 2.93 bits per heavy atom. The lowest BCUT2D eigenvalue weighted by molar-refractivity contribution is 0.479. The van der Waals surface area contributed by atoms with E-state index in [1.807, 2.05) is 24.5 Å². The molecule has 1 N–H and O–H groups in total. The summed E-state index contributed by atoms with van der Waals surface area (Å²) in [6.07, 6.45) is 2.01. The standard InChI is InChI=1S/C10H9ClOS2/c1-13-6-3-2-4-7-9(6)10(12)8(5-11)14-7/h2-4,12H,5H2,1H3. The molecule has 0 aliphatic heterocycles. The third kappa shape index (κ3) is 1.49. The van der Waals surface area contributed by atoms with Gasteiger partial charge in [-0.05, 0) is 18.4 Å². The fraction of sp³-hybridized carbons (Fsp3) is 0.200. The fourth-order valence-electron chi connectivity index (χ4n) is 1.41. The van der Waals surface area contributed by atoms with Crippen molar-refractivity contribution in [2.75, 3.05) is 6.26 Å². The summed E-state index contributed by atoms with van der Waals surface area (Å²) in [6.45, 7) is 0. The first-order valence-electron chi connectivity index (χ1n) is 4.11. The lowest BCUT2D eigenvalue weighted by atomic mass is 10.2. The van der Waals surface area contributed by atoms with Crippen molar-refractivity contribution in [2.24, 2.45) is 0 Å². The Kier molecular flexibility index (Phi) is 2.91. The lowest BCUT2D eigenvalue weighted by Gasteiger charge is -1.98. The predicted octanol–water partition coefficient (Wildman–Crippen LogP) is 4.07. The minimum Gasteiger partial charge on any atom is -0.506 e. The van der Waals surface area contributed by atoms with Gasteiger partial charge >= 0.3 is 0 Å². The number of thiophene rings is 1. The topological polar surface area (TPSA) is 20.2 Å². The lowest BCUT2D eigenvalue weighted by Crippen LogP contribution is -1.72. The second-order valence-electron chi connectivity index (χ2n) is 2.84. The molecule has 0 saturated carbocycles. The molecule has 0 aliphatic rings. The summed E-state index contributed by atoms with van der Waals surface area (Å²) >= 11 is 8.94. The third-order valence-electron chi connectivity index (χ3n) is 2.06. The molecule has 1 nitrogen and oxygen atoms in total. The van der Waals surface area contributed by atoms with Crippen LogP contribution < -0.4 is 0 Å². The van der Waals surface area contributed by atoms with E-state index in [1.165, 1.54) is 0 Å². The van der Waals surface area contributed by atoms with Gasteiger partial charge in [0.2, 0.25) is 0 Å². The van der Waals surface area contributed by atoms with Gasteiger partial charge in [0.15, 0.2) is 0 Å². The number of benzene rings is 1. The highest BCUT2D eigenvalue weighted by molar-refractivity contribution is 7.98. The number of fused-ring (bicyclic) bond motifs is 1. The summed E-state index contributed by atoms with van der Waals surface area (Å²) in [7, 11) is 0. The molecule has 4 heteroatoms. The van der Waals surface area contributed by atoms with Gasteiger partial charge in [0.05, 0.1) is 10.8 Å². The summed E-state index contributed by atoms with van der Waals surface area (Å²) in [5, 5.41) is 10.9. The van der Waals surface area contributed by atoms with Crippen LogP contribution in [0.5, 0.6) is 5.75 Å². The molecule has 0 amide bonds. The van der Waals surface area contributed by atoms with Gasteiger partial charge in [-0.3, -0.25) is 0 Å². The Morgan fingerprint density at radius 1 is 1.50 bits per heavy atom. The zero-order chi connectivity index (χ0) is 10.1. The number of aromatic hydroxyl groups is 1. The van der Waals surface area contributed by atoms with Gasteiger partial charge in [0.1, 0.15) is 5.75 Å². The maximum Gasteiger partial charge on any atom is 0.139 e. The number of alkyl halides is 1. The summed E-state index contributed by atoms with van der Waals surface area (Å²) in [5.74, 6) is 0.726. The Labute approximate surface area is 95.7 Å². The monoisotopic (exact) mass is 244 g/mol. The molecule has 14 heavy (non-hydrogen) atoms. The van der Waals surface area contributed by atoms with Crippen LogP contribution in [0.2, 0.25) is 0 Å². The van der Waals surface area contributed by atoms with Crippen LogP contribution in [0.4, 0.5) is 0 Å². The maximum atomic E-state index is 9.91. The zero-order valence-corrected chi connectivity index (χ0v) is 9.97. The van der Waals surface area contributed by atoms with Crippen molar-refractivity contribution in [2.45, 2.75) is 10.8 Å². The van der Waals surface area contributed by atoms with Crippen LogP contribution in [0.15, 0.2) is 23.1 Å². The molecule has 0 radical (unpaired) electrons. The van der Waals surface area contributed by atoms with Crippen molar-refractivity contribution in [3.8, 4) is 5.75 Å². The Bertz CT molecular complexity index is 464. The van der Waals surface area contributed by atoms with E-state index >= 15 is 0 Å². The average Bonchev–Trinajstić information content (AvgIpc) is 2.55. The van der Waals surface area contributed by atoms with E-state index in [9.17, 15) is 5.11 Å². The van der Waals surface area contributed by atoms with E-state index in [1.54, 1.807) is 23.1 Å². The van der Waals surface area contributed by atoms with Crippen molar-refractivity contribution >= 4 is 44.8 Å². The molecule has 0 atom stereocenters. The van der Waals surface area contributed by atoms with Crippen molar-refractivity contribution in [3.63, 3.8) is 0 Å². The van der Waals surface area contributed by atoms with Crippen molar-refractivity contribution in [1.82, 2.24) is 0 Å². The molecule has 2 aromatic rings. The van der Waals surface area contributed by atoms with Gasteiger partial charge < -0.3 is 5.11 Å². The Balaban J connectivity index is 2.79. The molecular weight excluding hydrogens is 236 g/mol. The molecule has 0 aliphatic carbocycles. The van der Waals surface area contributed by atoms with Crippen molar-refractivity contribution in [3.05, 3.63) is 23.1 Å². The average molecular weight is 245 g/mol. The second-order valence-corrected chi connectivity index (χ2v) is 5.09. The van der Waals surface area contributed by atoms with Gasteiger partial charge in [-0.15, -0.1) is 34.7 Å². The van der Waals surface area contributed by atoms with E-state index in [0.717, 1.165) is 19.9 Å². The number of thioether (sulfide) groups is 1. The first kappa shape index (κ1) is 10.1. The van der Waals surface area contributed by atoms with Crippen LogP contribution in [-0.4, -0.2) is 11.4 Å². The minimum absolute atomic E-state index is 0.352. The van der Waals surface area contributed by atoms with Crippen LogP contribution in [0.25, 0.3) is 10.1 Å². The third-order valence-corrected chi connectivity index (χ3v) is 4.41. The summed E-state index contributed by atoms with van der Waals surface area (Å²) in [4.78, 5) is 1.95. The van der Waals surface area contributed by atoms with E-state index < -0.39 is 0 Å². The zero-order valence-electron chi connectivity index (χ0n) is 7.58. The van der Waals surface area contributed by atoms with Crippen LogP contribution in [0.3, 0.4) is 0 Å². The Hall–Kier alpha value is -0.380. The molecular formula is C10H9ClOS2. The van der Waals surface area contributed by atoms with Gasteiger partial charge in [0, 0.05) is 15.0 Å². The first-order valence-corrected chi connectivity index (χ1v) is 6.68. The van der Waals surface area contributed by atoms with Crippen LogP contribution >= 0.6 is 34.7 Å². The molecule has 2 rings (SSSR count). The number of hydrogen-bond acceptors (Lipinski definition) is 3. The van der Waals surface area contributed by atoms with Crippen LogP contribution in [-0.2, 0) is 5.88 Å². The number of hydrogen-bond donors (Lipinski definition) is 1. The van der Waals surface area contributed by atoms with Gasteiger partial charge in [0.25, 0.3) is 0 Å². The minimum atomic E-state index is 0.352. The van der Waals surface area contributed by atoms with Crippen molar-refractivity contribution in [1.29, 1.82) is 0 Å². The maximum absolute atomic E-state index is 9.91. The molecule has 1 aromatic carbocycles. The van der Waals surface area contributed by atoms with Crippen LogP contribution in [0.1, 0.15) is 4.88 Å². The van der Waals surface area contributed by atoms with Crippen molar-refractivity contribution < 1.29 is 5.11 Å². The number of rotatable bonds is 2. The van der Waals surface area contributed by atoms with E-state index in [-0.39, 0.29) is 0 Å². The van der Waals surface area contributed by atoms with E-state index in [4.69, 9.17) is 11.6 Å². The fourth-order valence-corrected chi connectivity index (χ4v) is 3.36. The molecule has 1 aromatic heterocycles. The van der Waals surface area contributed by atoms with Gasteiger partial charge in [-0.25, -0.2) is 0 Å². The SMILES string of the molecule is CSc1cccc2sc(CCl)c(O)c12. The number of halogens is 1. The molecule has 0 spiro atoms. The van der Waals surface area contributed by atoms with Gasteiger partial charge in [-0.1, -0.05) is 6.07 Å². The molecule has 1 heterocycles. The predicted molar refractivity (Wildman–Crippen MR) is 64.8 cm³/mol. The highest BCUT2D eigenvalue weighted by atomic mass is 35.5. The second kappa shape index (κ2) is 4.01. The van der Waals surface area contributed by atoms with Gasteiger partial charge in [-0.2, -0.15) is 0 Å².